The van der Waals surface area contributed by atoms with Crippen molar-refractivity contribution in [2.24, 2.45) is 0 Å². The van der Waals surface area contributed by atoms with Gasteiger partial charge in [0.1, 0.15) is 0 Å². The summed E-state index contributed by atoms with van der Waals surface area (Å²) in [6.45, 7) is 0. The number of carboxylic acid groups (broad SMARTS) is 1. The highest BCUT2D eigenvalue weighted by Gasteiger charge is 2.76. The summed E-state index contributed by atoms with van der Waals surface area (Å²) in [7, 11) is 0. The first-order valence-electron chi connectivity index (χ1n) is 2.50. The van der Waals surface area contributed by atoms with E-state index in [1.165, 1.54) is 0 Å². The number of halogens is 8. The van der Waals surface area contributed by atoms with Gasteiger partial charge in [0.2, 0.25) is 0 Å². The third-order valence-corrected chi connectivity index (χ3v) is 1.02. The van der Waals surface area contributed by atoms with E-state index < -0.39 is 24.0 Å². The molecule has 1 N–H and O–H groups in total. The Hall–Kier alpha value is -0.730. The summed E-state index contributed by atoms with van der Waals surface area (Å²) in [5.74, 6) is -16.3. The number of rotatable bonds is 2. The second-order valence-corrected chi connectivity index (χ2v) is 1.95. The summed E-state index contributed by atoms with van der Waals surface area (Å²) in [6.07, 6.45) is -6.60. The van der Waals surface area contributed by atoms with Gasteiger partial charge in [0, 0.05) is 0 Å². The molecule has 0 aliphatic rings. The number of hydrogen-bond donors (Lipinski definition) is 1. The van der Waals surface area contributed by atoms with Crippen molar-refractivity contribution in [3.63, 3.8) is 0 Å². The van der Waals surface area contributed by atoms with Crippen molar-refractivity contribution in [1.29, 1.82) is 0 Å². The quantitative estimate of drug-likeness (QED) is 0.764. The number of hydrogen-bond acceptors (Lipinski definition) is 1. The fraction of sp³-hybridized carbons (Fsp3) is 0.750. The second-order valence-electron chi connectivity index (χ2n) is 1.95. The Kier molecular flexibility index (Phi) is 4.26. The first-order chi connectivity index (χ1) is 5.44. The monoisotopic (exact) mass is 250 g/mol. The molecule has 0 heterocycles. The molecule has 0 bridgehead atoms. The van der Waals surface area contributed by atoms with Crippen LogP contribution in [-0.4, -0.2) is 29.1 Å². The summed E-state index contributed by atoms with van der Waals surface area (Å²) in [4.78, 5) is 9.38. The minimum Gasteiger partial charge on any atom is -0.477 e. The number of aliphatic carboxylic acids is 1. The molecule has 0 rings (SSSR count). The van der Waals surface area contributed by atoms with Gasteiger partial charge in [-0.3, -0.25) is 0 Å². The van der Waals surface area contributed by atoms with Crippen LogP contribution >= 0.6 is 12.4 Å². The van der Waals surface area contributed by atoms with Crippen molar-refractivity contribution in [2.75, 3.05) is 0 Å². The predicted octanol–water partition coefficient (Wildman–Crippen LogP) is 2.33. The average molecular weight is 250 g/mol. The van der Waals surface area contributed by atoms with Crippen molar-refractivity contribution in [2.45, 2.75) is 18.0 Å². The van der Waals surface area contributed by atoms with Crippen LogP contribution in [-0.2, 0) is 4.79 Å². The highest BCUT2D eigenvalue weighted by Crippen LogP contribution is 2.46. The molecule has 0 fully saturated rings. The maximum absolute atomic E-state index is 11.8. The summed E-state index contributed by atoms with van der Waals surface area (Å²) in [5.41, 5.74) is 0. The molecule has 0 atom stereocenters. The van der Waals surface area contributed by atoms with E-state index in [-0.39, 0.29) is 12.4 Å². The third kappa shape index (κ3) is 2.20. The lowest BCUT2D eigenvalue weighted by Crippen LogP contribution is -2.56. The minimum absolute atomic E-state index is 0. The molecule has 0 saturated carbocycles. The SMILES string of the molecule is Cl.O=C(O)C(F)(F)C(F)(F)C(F)(F)F. The molecule has 0 aromatic rings. The standard InChI is InChI=1S/C4HF7O2.ClH/c5-2(6,1(12)13)3(7,8)4(9,10)11;/h(H,12,13);1H. The molecule has 0 aromatic carbocycles. The van der Waals surface area contributed by atoms with E-state index in [0.29, 0.717) is 0 Å². The van der Waals surface area contributed by atoms with Gasteiger partial charge < -0.3 is 5.11 Å². The zero-order valence-electron chi connectivity index (χ0n) is 5.91. The lowest BCUT2D eigenvalue weighted by Gasteiger charge is -2.24. The molecule has 0 aromatic heterocycles. The Morgan fingerprint density at radius 2 is 1.21 bits per heavy atom. The Morgan fingerprint density at radius 3 is 1.29 bits per heavy atom. The van der Waals surface area contributed by atoms with Crippen molar-refractivity contribution in [1.82, 2.24) is 0 Å². The number of carboxylic acids is 1. The van der Waals surface area contributed by atoms with Crippen LogP contribution in [0.25, 0.3) is 0 Å². The van der Waals surface area contributed by atoms with Gasteiger partial charge in [0.05, 0.1) is 0 Å². The van der Waals surface area contributed by atoms with Crippen LogP contribution in [0.4, 0.5) is 30.7 Å². The molecule has 0 spiro atoms. The first kappa shape index (κ1) is 15.7. The van der Waals surface area contributed by atoms with Gasteiger partial charge in [-0.05, 0) is 0 Å². The van der Waals surface area contributed by atoms with E-state index in [1.54, 1.807) is 0 Å². The molecule has 0 amide bonds. The topological polar surface area (TPSA) is 37.3 Å². The Balaban J connectivity index is 0. The Labute approximate surface area is 78.1 Å². The molecule has 2 nitrogen and oxygen atoms in total. The van der Waals surface area contributed by atoms with Crippen LogP contribution in [0.1, 0.15) is 0 Å². The number of alkyl halides is 7. The van der Waals surface area contributed by atoms with Crippen LogP contribution in [0.2, 0.25) is 0 Å². The highest BCUT2D eigenvalue weighted by atomic mass is 35.5. The van der Waals surface area contributed by atoms with E-state index in [9.17, 15) is 35.5 Å². The summed E-state index contributed by atoms with van der Waals surface area (Å²) >= 11 is 0. The van der Waals surface area contributed by atoms with Crippen molar-refractivity contribution in [3.8, 4) is 0 Å². The van der Waals surface area contributed by atoms with Crippen molar-refractivity contribution >= 4 is 18.4 Å². The number of carbonyl (C=O) groups is 1. The normalized spacial score (nSPS) is 13.4. The van der Waals surface area contributed by atoms with E-state index >= 15 is 0 Å². The lowest BCUT2D eigenvalue weighted by molar-refractivity contribution is -0.347. The van der Waals surface area contributed by atoms with Crippen LogP contribution < -0.4 is 0 Å². The molecular formula is C4H2ClF7O2. The van der Waals surface area contributed by atoms with Crippen LogP contribution in [0.3, 0.4) is 0 Å². The molecule has 0 radical (unpaired) electrons. The van der Waals surface area contributed by atoms with Crippen molar-refractivity contribution < 1.29 is 40.6 Å². The van der Waals surface area contributed by atoms with Gasteiger partial charge in [-0.2, -0.15) is 30.7 Å². The van der Waals surface area contributed by atoms with Crippen LogP contribution in [0.15, 0.2) is 0 Å². The highest BCUT2D eigenvalue weighted by molar-refractivity contribution is 5.85. The maximum Gasteiger partial charge on any atom is 0.460 e. The van der Waals surface area contributed by atoms with Crippen LogP contribution in [0, 0.1) is 0 Å². The van der Waals surface area contributed by atoms with Gasteiger partial charge in [-0.1, -0.05) is 0 Å². The minimum atomic E-state index is -6.60. The van der Waals surface area contributed by atoms with Gasteiger partial charge in [-0.25, -0.2) is 4.79 Å². The zero-order valence-corrected chi connectivity index (χ0v) is 6.73. The van der Waals surface area contributed by atoms with Gasteiger partial charge in [0.25, 0.3) is 0 Å². The third-order valence-electron chi connectivity index (χ3n) is 1.02. The second kappa shape index (κ2) is 3.79. The van der Waals surface area contributed by atoms with Gasteiger partial charge in [-0.15, -0.1) is 12.4 Å². The largest absolute Gasteiger partial charge is 0.477 e. The molecule has 10 heteroatoms. The van der Waals surface area contributed by atoms with Crippen molar-refractivity contribution in [3.05, 3.63) is 0 Å². The molecule has 0 unspecified atom stereocenters. The predicted molar refractivity (Wildman–Crippen MR) is 30.8 cm³/mol. The van der Waals surface area contributed by atoms with E-state index in [1.807, 2.05) is 0 Å². The molecular weight excluding hydrogens is 248 g/mol. The van der Waals surface area contributed by atoms with Gasteiger partial charge in [0.15, 0.2) is 0 Å². The lowest BCUT2D eigenvalue weighted by atomic mass is 10.1. The van der Waals surface area contributed by atoms with Crippen LogP contribution in [0.5, 0.6) is 0 Å². The summed E-state index contributed by atoms with van der Waals surface area (Å²) in [5, 5.41) is 7.41. The Bertz CT molecular complexity index is 222. The molecule has 86 valence electrons. The fourth-order valence-electron chi connectivity index (χ4n) is 0.312. The zero-order chi connectivity index (χ0) is 11.1. The molecule has 0 saturated heterocycles. The van der Waals surface area contributed by atoms with E-state index in [4.69, 9.17) is 5.11 Å². The molecule has 0 aliphatic carbocycles. The maximum atomic E-state index is 11.8. The fourth-order valence-corrected chi connectivity index (χ4v) is 0.312. The average Bonchev–Trinajstić information content (AvgIpc) is 1.84. The molecule has 14 heavy (non-hydrogen) atoms. The van der Waals surface area contributed by atoms with E-state index in [0.717, 1.165) is 0 Å². The summed E-state index contributed by atoms with van der Waals surface area (Å²) in [6, 6.07) is 0. The van der Waals surface area contributed by atoms with E-state index in [2.05, 4.69) is 0 Å². The van der Waals surface area contributed by atoms with Gasteiger partial charge >= 0.3 is 24.0 Å². The molecule has 0 aliphatic heterocycles. The first-order valence-corrected chi connectivity index (χ1v) is 2.50. The Morgan fingerprint density at radius 1 is 0.929 bits per heavy atom. The summed E-state index contributed by atoms with van der Waals surface area (Å²) < 4.78 is 80.5. The smallest absolute Gasteiger partial charge is 0.460 e.